The van der Waals surface area contributed by atoms with Crippen LogP contribution in [0.2, 0.25) is 0 Å². The molecule has 1 heterocycles. The normalized spacial score (nSPS) is 11.0. The molecule has 6 heteroatoms. The summed E-state index contributed by atoms with van der Waals surface area (Å²) in [7, 11) is 0. The van der Waals surface area contributed by atoms with E-state index in [2.05, 4.69) is 12.2 Å². The Bertz CT molecular complexity index is 675. The largest absolute Gasteiger partial charge is 0.419 e. The minimum Gasteiger partial charge on any atom is -0.408 e. The molecule has 23 heavy (non-hydrogen) atoms. The van der Waals surface area contributed by atoms with Crippen LogP contribution in [0.5, 0.6) is 0 Å². The lowest BCUT2D eigenvalue weighted by atomic mass is 10.3. The van der Waals surface area contributed by atoms with Gasteiger partial charge in [0.05, 0.1) is 5.52 Å². The number of unbranched alkanes of at least 4 members (excludes halogenated alkanes) is 1. The Morgan fingerprint density at radius 2 is 2.04 bits per heavy atom. The van der Waals surface area contributed by atoms with Gasteiger partial charge < -0.3 is 14.5 Å². The maximum atomic E-state index is 11.8. The quantitative estimate of drug-likeness (QED) is 0.682. The third-order valence-electron chi connectivity index (χ3n) is 3.57. The Kier molecular flexibility index (Phi) is 6.87. The monoisotopic (exact) mass is 320 g/mol. The van der Waals surface area contributed by atoms with Crippen LogP contribution < -0.4 is 11.1 Å². The van der Waals surface area contributed by atoms with E-state index in [0.717, 1.165) is 31.4 Å². The molecule has 0 atom stereocenters. The summed E-state index contributed by atoms with van der Waals surface area (Å²) < 4.78 is 12.1. The van der Waals surface area contributed by atoms with E-state index in [0.29, 0.717) is 25.3 Å². The van der Waals surface area contributed by atoms with Crippen LogP contribution in [0, 0.1) is 0 Å². The topological polar surface area (TPSA) is 73.5 Å². The number of fused-ring (bicyclic) bond motifs is 1. The molecule has 2 rings (SSSR count). The highest BCUT2D eigenvalue weighted by Crippen LogP contribution is 2.11. The van der Waals surface area contributed by atoms with Gasteiger partial charge in [0.15, 0.2) is 5.58 Å². The molecule has 0 spiro atoms. The molecule has 1 amide bonds. The van der Waals surface area contributed by atoms with E-state index < -0.39 is 5.76 Å². The third-order valence-corrected chi connectivity index (χ3v) is 3.57. The van der Waals surface area contributed by atoms with E-state index in [1.807, 2.05) is 18.2 Å². The summed E-state index contributed by atoms with van der Waals surface area (Å²) in [5, 5.41) is 2.84. The summed E-state index contributed by atoms with van der Waals surface area (Å²) in [5.74, 6) is -0.501. The van der Waals surface area contributed by atoms with Gasteiger partial charge in [-0.05, 0) is 25.0 Å². The average Bonchev–Trinajstić information content (AvgIpc) is 2.87. The van der Waals surface area contributed by atoms with E-state index >= 15 is 0 Å². The number of carbonyl (C=O) groups is 1. The first-order chi connectivity index (χ1) is 11.2. The first kappa shape index (κ1) is 17.3. The highest BCUT2D eigenvalue weighted by atomic mass is 16.5. The van der Waals surface area contributed by atoms with Crippen molar-refractivity contribution in [2.24, 2.45) is 0 Å². The zero-order chi connectivity index (χ0) is 16.5. The van der Waals surface area contributed by atoms with Crippen molar-refractivity contribution in [3.8, 4) is 0 Å². The first-order valence-corrected chi connectivity index (χ1v) is 8.15. The number of amides is 1. The van der Waals surface area contributed by atoms with E-state index in [4.69, 9.17) is 9.15 Å². The fourth-order valence-electron chi connectivity index (χ4n) is 2.28. The molecular weight excluding hydrogens is 296 g/mol. The molecule has 0 bridgehead atoms. The second-order valence-corrected chi connectivity index (χ2v) is 5.41. The fourth-order valence-corrected chi connectivity index (χ4v) is 2.28. The van der Waals surface area contributed by atoms with E-state index in [9.17, 15) is 9.59 Å². The number of hydrogen-bond acceptors (Lipinski definition) is 4. The van der Waals surface area contributed by atoms with Crippen molar-refractivity contribution < 1.29 is 13.9 Å². The Morgan fingerprint density at radius 1 is 1.26 bits per heavy atom. The van der Waals surface area contributed by atoms with Gasteiger partial charge in [-0.1, -0.05) is 25.5 Å². The summed E-state index contributed by atoms with van der Waals surface area (Å²) in [6.07, 6.45) is 3.24. The van der Waals surface area contributed by atoms with Gasteiger partial charge in [0, 0.05) is 32.7 Å². The zero-order valence-corrected chi connectivity index (χ0v) is 13.5. The van der Waals surface area contributed by atoms with Crippen molar-refractivity contribution in [3.05, 3.63) is 34.8 Å². The number of carbonyl (C=O) groups excluding carboxylic acids is 1. The summed E-state index contributed by atoms with van der Waals surface area (Å²) in [6, 6.07) is 7.20. The van der Waals surface area contributed by atoms with Crippen LogP contribution in [0.3, 0.4) is 0 Å². The molecule has 0 radical (unpaired) electrons. The van der Waals surface area contributed by atoms with Crippen LogP contribution in [0.25, 0.3) is 11.1 Å². The minimum absolute atomic E-state index is 0.0734. The van der Waals surface area contributed by atoms with Gasteiger partial charge in [-0.15, -0.1) is 0 Å². The van der Waals surface area contributed by atoms with Crippen LogP contribution >= 0.6 is 0 Å². The molecule has 1 aromatic carbocycles. The minimum atomic E-state index is -0.427. The number of rotatable bonds is 10. The number of aromatic nitrogens is 1. The number of ether oxygens (including phenoxy) is 1. The van der Waals surface area contributed by atoms with Crippen molar-refractivity contribution in [2.75, 3.05) is 19.8 Å². The second-order valence-electron chi connectivity index (χ2n) is 5.41. The van der Waals surface area contributed by atoms with Crippen LogP contribution in [-0.2, 0) is 16.1 Å². The summed E-state index contributed by atoms with van der Waals surface area (Å²) in [5.41, 5.74) is 1.26. The molecule has 0 aliphatic heterocycles. The first-order valence-electron chi connectivity index (χ1n) is 8.15. The SMILES string of the molecule is CCCCOCCCNC(=O)CCn1c(=O)oc2ccccc21. The molecule has 0 saturated heterocycles. The molecule has 0 aliphatic carbocycles. The smallest absolute Gasteiger partial charge is 0.408 e. The summed E-state index contributed by atoms with van der Waals surface area (Å²) in [6.45, 7) is 4.46. The number of hydrogen-bond donors (Lipinski definition) is 1. The van der Waals surface area contributed by atoms with Crippen molar-refractivity contribution >= 4 is 17.0 Å². The van der Waals surface area contributed by atoms with Crippen LogP contribution in [0.4, 0.5) is 0 Å². The molecule has 0 aliphatic rings. The van der Waals surface area contributed by atoms with Crippen molar-refractivity contribution in [1.29, 1.82) is 0 Å². The van der Waals surface area contributed by atoms with Gasteiger partial charge in [0.25, 0.3) is 0 Å². The molecule has 1 N–H and O–H groups in total. The Balaban J connectivity index is 1.70. The lowest BCUT2D eigenvalue weighted by Gasteiger charge is -2.06. The van der Waals surface area contributed by atoms with E-state index in [1.54, 1.807) is 6.07 Å². The Labute approximate surface area is 135 Å². The van der Waals surface area contributed by atoms with Crippen molar-refractivity contribution in [3.63, 3.8) is 0 Å². The number of para-hydroxylation sites is 2. The van der Waals surface area contributed by atoms with Gasteiger partial charge in [-0.2, -0.15) is 0 Å². The predicted molar refractivity (Wildman–Crippen MR) is 88.4 cm³/mol. The molecule has 126 valence electrons. The molecule has 0 unspecified atom stereocenters. The molecule has 0 saturated carbocycles. The number of nitrogens with zero attached hydrogens (tertiary/aromatic N) is 1. The standard InChI is InChI=1S/C17H24N2O4/c1-2-3-12-22-13-6-10-18-16(20)9-11-19-14-7-4-5-8-15(14)23-17(19)21/h4-5,7-8H,2-3,6,9-13H2,1H3,(H,18,20). The number of benzene rings is 1. The Morgan fingerprint density at radius 3 is 2.87 bits per heavy atom. The third kappa shape index (κ3) is 5.25. The zero-order valence-electron chi connectivity index (χ0n) is 13.5. The van der Waals surface area contributed by atoms with Gasteiger partial charge >= 0.3 is 5.76 Å². The summed E-state index contributed by atoms with van der Waals surface area (Å²) >= 11 is 0. The maximum absolute atomic E-state index is 11.8. The van der Waals surface area contributed by atoms with Crippen molar-refractivity contribution in [1.82, 2.24) is 9.88 Å². The second kappa shape index (κ2) is 9.15. The maximum Gasteiger partial charge on any atom is 0.419 e. The highest BCUT2D eigenvalue weighted by Gasteiger charge is 2.09. The van der Waals surface area contributed by atoms with Crippen molar-refractivity contribution in [2.45, 2.75) is 39.2 Å². The van der Waals surface area contributed by atoms with E-state index in [-0.39, 0.29) is 12.3 Å². The number of aryl methyl sites for hydroxylation is 1. The summed E-state index contributed by atoms with van der Waals surface area (Å²) in [4.78, 5) is 23.6. The van der Waals surface area contributed by atoms with Crippen LogP contribution in [-0.4, -0.2) is 30.2 Å². The Hall–Kier alpha value is -2.08. The lowest BCUT2D eigenvalue weighted by molar-refractivity contribution is -0.121. The van der Waals surface area contributed by atoms with E-state index in [1.165, 1.54) is 4.57 Å². The van der Waals surface area contributed by atoms with Gasteiger partial charge in [0.1, 0.15) is 0 Å². The van der Waals surface area contributed by atoms with Gasteiger partial charge in [-0.25, -0.2) is 4.79 Å². The number of oxazole rings is 1. The highest BCUT2D eigenvalue weighted by molar-refractivity contribution is 5.76. The van der Waals surface area contributed by atoms with Crippen LogP contribution in [0.15, 0.2) is 33.5 Å². The molecule has 0 fully saturated rings. The number of nitrogens with one attached hydrogen (secondary N) is 1. The molecule has 2 aromatic rings. The van der Waals surface area contributed by atoms with Gasteiger partial charge in [0.2, 0.25) is 5.91 Å². The molecular formula is C17H24N2O4. The molecule has 1 aromatic heterocycles. The fraction of sp³-hybridized carbons (Fsp3) is 0.529. The van der Waals surface area contributed by atoms with Gasteiger partial charge in [-0.3, -0.25) is 9.36 Å². The predicted octanol–water partition coefficient (Wildman–Crippen LogP) is 2.31. The average molecular weight is 320 g/mol. The molecule has 6 nitrogen and oxygen atoms in total. The lowest BCUT2D eigenvalue weighted by Crippen LogP contribution is -2.27. The van der Waals surface area contributed by atoms with Crippen LogP contribution in [0.1, 0.15) is 32.6 Å².